The molecule has 10 heteroatoms. The van der Waals surface area contributed by atoms with Crippen molar-refractivity contribution in [2.24, 2.45) is 0 Å². The fraction of sp³-hybridized carbons (Fsp3) is 0.615. The van der Waals surface area contributed by atoms with Crippen LogP contribution in [-0.2, 0) is 31.9 Å². The number of rotatable bonds is 9. The van der Waals surface area contributed by atoms with Gasteiger partial charge in [0.15, 0.2) is 8.32 Å². The molecule has 0 N–H and O–H groups in total. The van der Waals surface area contributed by atoms with Crippen molar-refractivity contribution in [1.29, 1.82) is 0 Å². The summed E-state index contributed by atoms with van der Waals surface area (Å²) in [5.41, 5.74) is 0.503. The summed E-state index contributed by atoms with van der Waals surface area (Å²) in [5.74, 6) is -0.731. The van der Waals surface area contributed by atoms with Crippen LogP contribution in [0.25, 0.3) is 10.9 Å². The zero-order chi connectivity index (χ0) is 27.5. The SMILES string of the molecule is CON(C)C(=O)Cn1ccc2c(CN(CCO[Si](C)(C)C(C)(C)C)C(=O)OC(C)(C)C)cc(F)cc21. The third-order valence-electron chi connectivity index (χ3n) is 6.51. The molecule has 36 heavy (non-hydrogen) atoms. The lowest BCUT2D eigenvalue weighted by molar-refractivity contribution is -0.169. The number of hydrogen-bond donors (Lipinski definition) is 0. The van der Waals surface area contributed by atoms with Crippen LogP contribution < -0.4 is 0 Å². The maximum absolute atomic E-state index is 14.7. The number of amides is 2. The summed E-state index contributed by atoms with van der Waals surface area (Å²) >= 11 is 0. The monoisotopic (exact) mass is 523 g/mol. The zero-order valence-corrected chi connectivity index (χ0v) is 24.4. The molecule has 0 atom stereocenters. The molecular weight excluding hydrogens is 481 g/mol. The molecular formula is C26H42FN3O5Si. The standard InChI is InChI=1S/C26H42FN3O5Si/c1-25(2,3)35-24(32)30(13-14-34-36(9,10)26(4,5)6)17-19-15-20(27)16-22-21(19)11-12-29(22)18-23(31)28(7)33-8/h11-12,15-16H,13-14,17-18H2,1-10H3. The quantitative estimate of drug-likeness (QED) is 0.318. The van der Waals surface area contributed by atoms with E-state index in [2.05, 4.69) is 33.9 Å². The third kappa shape index (κ3) is 7.78. The Morgan fingerprint density at radius 2 is 1.75 bits per heavy atom. The fourth-order valence-corrected chi connectivity index (χ4v) is 4.38. The van der Waals surface area contributed by atoms with Crippen molar-refractivity contribution in [3.05, 3.63) is 35.8 Å². The van der Waals surface area contributed by atoms with Gasteiger partial charge in [-0.15, -0.1) is 0 Å². The Bertz CT molecular complexity index is 1070. The molecule has 0 saturated heterocycles. The zero-order valence-electron chi connectivity index (χ0n) is 23.4. The van der Waals surface area contributed by atoms with Crippen molar-refractivity contribution in [1.82, 2.24) is 14.5 Å². The van der Waals surface area contributed by atoms with E-state index in [0.29, 0.717) is 24.2 Å². The van der Waals surface area contributed by atoms with E-state index in [1.165, 1.54) is 26.3 Å². The first kappa shape index (κ1) is 29.8. The van der Waals surface area contributed by atoms with E-state index in [0.717, 1.165) is 10.4 Å². The lowest BCUT2D eigenvalue weighted by Crippen LogP contribution is -2.44. The number of halogens is 1. The van der Waals surface area contributed by atoms with E-state index >= 15 is 0 Å². The molecule has 0 aliphatic rings. The minimum atomic E-state index is -2.01. The Hall–Kier alpha value is -2.43. The highest BCUT2D eigenvalue weighted by Gasteiger charge is 2.37. The number of ether oxygens (including phenoxy) is 1. The Morgan fingerprint density at radius 1 is 1.11 bits per heavy atom. The van der Waals surface area contributed by atoms with Gasteiger partial charge in [0.25, 0.3) is 5.91 Å². The van der Waals surface area contributed by atoms with Crippen LogP contribution in [0.1, 0.15) is 47.1 Å². The normalized spacial score (nSPS) is 12.6. The van der Waals surface area contributed by atoms with Gasteiger partial charge in [-0.1, -0.05) is 20.8 Å². The summed E-state index contributed by atoms with van der Waals surface area (Å²) in [4.78, 5) is 31.9. The van der Waals surface area contributed by atoms with E-state index in [-0.39, 0.29) is 24.0 Å². The average molecular weight is 524 g/mol. The number of nitrogens with zero attached hydrogens (tertiary/aromatic N) is 3. The van der Waals surface area contributed by atoms with Crippen molar-refractivity contribution in [3.63, 3.8) is 0 Å². The number of hydrogen-bond acceptors (Lipinski definition) is 5. The van der Waals surface area contributed by atoms with Gasteiger partial charge in [0.1, 0.15) is 18.0 Å². The molecule has 1 heterocycles. The van der Waals surface area contributed by atoms with Gasteiger partial charge < -0.3 is 18.6 Å². The maximum atomic E-state index is 14.7. The van der Waals surface area contributed by atoms with Gasteiger partial charge >= 0.3 is 6.09 Å². The summed E-state index contributed by atoms with van der Waals surface area (Å²) in [6.07, 6.45) is 1.24. The highest BCUT2D eigenvalue weighted by atomic mass is 28.4. The highest BCUT2D eigenvalue weighted by Crippen LogP contribution is 2.36. The molecule has 2 aromatic rings. The van der Waals surface area contributed by atoms with Gasteiger partial charge in [-0.2, -0.15) is 0 Å². The average Bonchev–Trinajstić information content (AvgIpc) is 3.12. The van der Waals surface area contributed by atoms with E-state index in [4.69, 9.17) is 14.0 Å². The van der Waals surface area contributed by atoms with Gasteiger partial charge in [-0.05, 0) is 62.7 Å². The molecule has 0 aliphatic carbocycles. The van der Waals surface area contributed by atoms with Crippen LogP contribution in [0.3, 0.4) is 0 Å². The van der Waals surface area contributed by atoms with E-state index in [1.807, 2.05) is 26.8 Å². The second-order valence-corrected chi connectivity index (χ2v) is 16.3. The number of hydroxylamine groups is 2. The summed E-state index contributed by atoms with van der Waals surface area (Å²) in [7, 11) is 0.914. The van der Waals surface area contributed by atoms with Gasteiger partial charge in [-0.3, -0.25) is 9.63 Å². The predicted molar refractivity (Wildman–Crippen MR) is 141 cm³/mol. The van der Waals surface area contributed by atoms with Crippen LogP contribution in [0.2, 0.25) is 18.1 Å². The van der Waals surface area contributed by atoms with Crippen LogP contribution in [-0.4, -0.2) is 67.8 Å². The van der Waals surface area contributed by atoms with Gasteiger partial charge in [0, 0.05) is 31.7 Å². The van der Waals surface area contributed by atoms with Gasteiger partial charge in [0.2, 0.25) is 0 Å². The van der Waals surface area contributed by atoms with Crippen LogP contribution >= 0.6 is 0 Å². The summed E-state index contributed by atoms with van der Waals surface area (Å²) in [5, 5.41) is 1.91. The number of carbonyl (C=O) groups is 2. The Kier molecular flexibility index (Phi) is 9.36. The van der Waals surface area contributed by atoms with Crippen molar-refractivity contribution in [2.45, 2.75) is 78.4 Å². The molecule has 202 valence electrons. The Balaban J connectivity index is 2.34. The lowest BCUT2D eigenvalue weighted by Gasteiger charge is -2.37. The molecule has 2 amide bonds. The topological polar surface area (TPSA) is 73.2 Å². The summed E-state index contributed by atoms with van der Waals surface area (Å²) < 4.78 is 28.3. The predicted octanol–water partition coefficient (Wildman–Crippen LogP) is 5.56. The van der Waals surface area contributed by atoms with Gasteiger partial charge in [0.05, 0.1) is 19.2 Å². The summed E-state index contributed by atoms with van der Waals surface area (Å²) in [6, 6.07) is 4.63. The molecule has 0 bridgehead atoms. The minimum Gasteiger partial charge on any atom is -0.444 e. The molecule has 0 fully saturated rings. The Labute approximate surface area is 215 Å². The third-order valence-corrected chi connectivity index (χ3v) is 11.1. The second-order valence-electron chi connectivity index (χ2n) is 11.5. The van der Waals surface area contributed by atoms with E-state index in [1.54, 1.807) is 15.7 Å². The smallest absolute Gasteiger partial charge is 0.410 e. The molecule has 2 rings (SSSR count). The van der Waals surface area contributed by atoms with Crippen molar-refractivity contribution >= 4 is 31.2 Å². The van der Waals surface area contributed by atoms with Crippen LogP contribution in [0.4, 0.5) is 9.18 Å². The fourth-order valence-electron chi connectivity index (χ4n) is 3.34. The molecule has 0 radical (unpaired) electrons. The van der Waals surface area contributed by atoms with Gasteiger partial charge in [-0.25, -0.2) is 14.2 Å². The number of carbonyl (C=O) groups excluding carboxylic acids is 2. The Morgan fingerprint density at radius 3 is 2.31 bits per heavy atom. The summed E-state index contributed by atoms with van der Waals surface area (Å²) in [6.45, 7) is 17.0. The first-order valence-electron chi connectivity index (χ1n) is 12.1. The maximum Gasteiger partial charge on any atom is 0.410 e. The largest absolute Gasteiger partial charge is 0.444 e. The molecule has 0 aliphatic heterocycles. The molecule has 1 aromatic heterocycles. The van der Waals surface area contributed by atoms with Crippen molar-refractivity contribution in [3.8, 4) is 0 Å². The lowest BCUT2D eigenvalue weighted by atomic mass is 10.1. The van der Waals surface area contributed by atoms with Crippen LogP contribution in [0.15, 0.2) is 24.4 Å². The van der Waals surface area contributed by atoms with E-state index < -0.39 is 25.8 Å². The van der Waals surface area contributed by atoms with Crippen molar-refractivity contribution < 1.29 is 28.0 Å². The molecule has 0 saturated carbocycles. The molecule has 1 aromatic carbocycles. The first-order valence-corrected chi connectivity index (χ1v) is 15.1. The minimum absolute atomic E-state index is 0.00708. The number of likely N-dealkylation sites (N-methyl/N-ethyl adjacent to an activating group) is 1. The van der Waals surface area contributed by atoms with Crippen molar-refractivity contribution in [2.75, 3.05) is 27.3 Å². The first-order chi connectivity index (χ1) is 16.4. The second kappa shape index (κ2) is 11.3. The van der Waals surface area contributed by atoms with Crippen LogP contribution in [0, 0.1) is 5.82 Å². The highest BCUT2D eigenvalue weighted by molar-refractivity contribution is 6.74. The number of fused-ring (bicyclic) bond motifs is 1. The molecule has 0 unspecified atom stereocenters. The molecule has 0 spiro atoms. The molecule has 8 nitrogen and oxygen atoms in total. The number of benzene rings is 1. The van der Waals surface area contributed by atoms with E-state index in [9.17, 15) is 14.0 Å². The van der Waals surface area contributed by atoms with Crippen LogP contribution in [0.5, 0.6) is 0 Å². The number of aromatic nitrogens is 1.